The van der Waals surface area contributed by atoms with Crippen LogP contribution in [-0.2, 0) is 4.79 Å². The van der Waals surface area contributed by atoms with Gasteiger partial charge in [-0.2, -0.15) is 11.8 Å². The molecule has 0 aliphatic rings. The van der Waals surface area contributed by atoms with Crippen LogP contribution in [0, 0.1) is 0 Å². The lowest BCUT2D eigenvalue weighted by molar-refractivity contribution is -0.113. The number of hydrogen-bond donors (Lipinski definition) is 1. The summed E-state index contributed by atoms with van der Waals surface area (Å²) in [5.41, 5.74) is 0.950. The van der Waals surface area contributed by atoms with Crippen LogP contribution in [0.3, 0.4) is 0 Å². The summed E-state index contributed by atoms with van der Waals surface area (Å²) in [6, 6.07) is 7.97. The van der Waals surface area contributed by atoms with E-state index in [1.807, 2.05) is 24.3 Å². The highest BCUT2D eigenvalue weighted by molar-refractivity contribution is 7.99. The maximum Gasteiger partial charge on any atom is 0.236 e. The first-order valence-electron chi connectivity index (χ1n) is 10.0. The molecule has 5 heteroatoms. The number of para-hydroxylation sites is 1. The molecule has 1 N–H and O–H groups in total. The van der Waals surface area contributed by atoms with Gasteiger partial charge in [-0.3, -0.25) is 4.79 Å². The number of rotatable bonds is 14. The van der Waals surface area contributed by atoms with Crippen molar-refractivity contribution in [2.24, 2.45) is 0 Å². The van der Waals surface area contributed by atoms with Gasteiger partial charge in [0.25, 0.3) is 0 Å². The van der Waals surface area contributed by atoms with Gasteiger partial charge in [0.1, 0.15) is 0 Å². The van der Waals surface area contributed by atoms with E-state index in [4.69, 9.17) is 0 Å². The number of nitrogens with one attached hydrogen (secondary N) is 1. The van der Waals surface area contributed by atoms with Gasteiger partial charge in [0.05, 0.1) is 16.0 Å². The second-order valence-corrected chi connectivity index (χ2v) is 8.91. The lowest BCUT2D eigenvalue weighted by atomic mass is 10.1. The first-order valence-corrected chi connectivity index (χ1v) is 12.0. The number of carbonyl (C=O) groups is 1. The number of thioether (sulfide) groups is 1. The summed E-state index contributed by atoms with van der Waals surface area (Å²) in [4.78, 5) is 16.4. The van der Waals surface area contributed by atoms with E-state index in [9.17, 15) is 4.79 Å². The summed E-state index contributed by atoms with van der Waals surface area (Å²) < 4.78 is 1.11. The summed E-state index contributed by atoms with van der Waals surface area (Å²) in [5, 5.41) is 3.62. The molecule has 2 aromatic rings. The van der Waals surface area contributed by atoms with Gasteiger partial charge in [-0.25, -0.2) is 4.98 Å². The molecule has 0 atom stereocenters. The molecule has 26 heavy (non-hydrogen) atoms. The van der Waals surface area contributed by atoms with E-state index in [2.05, 4.69) is 17.2 Å². The van der Waals surface area contributed by atoms with Gasteiger partial charge in [0.15, 0.2) is 5.13 Å². The summed E-state index contributed by atoms with van der Waals surface area (Å²) in [5.74, 6) is 1.65. The van der Waals surface area contributed by atoms with E-state index in [0.29, 0.717) is 10.9 Å². The molecule has 1 heterocycles. The molecule has 0 saturated heterocycles. The van der Waals surface area contributed by atoms with Crippen molar-refractivity contribution in [1.29, 1.82) is 0 Å². The molecule has 0 fully saturated rings. The smallest absolute Gasteiger partial charge is 0.236 e. The van der Waals surface area contributed by atoms with Crippen molar-refractivity contribution in [3.05, 3.63) is 24.3 Å². The van der Waals surface area contributed by atoms with Gasteiger partial charge in [0.2, 0.25) is 5.91 Å². The lowest BCUT2D eigenvalue weighted by Gasteiger charge is -2.03. The SMILES string of the molecule is CCCCCCCCCCCCSCC(=O)Nc1nc2ccccc2s1. The third-order valence-corrected chi connectivity index (χ3v) is 6.41. The van der Waals surface area contributed by atoms with Crippen molar-refractivity contribution < 1.29 is 4.79 Å². The molecule has 3 nitrogen and oxygen atoms in total. The zero-order chi connectivity index (χ0) is 18.5. The van der Waals surface area contributed by atoms with Crippen molar-refractivity contribution in [1.82, 2.24) is 4.98 Å². The van der Waals surface area contributed by atoms with Crippen LogP contribution in [0.1, 0.15) is 71.1 Å². The first kappa shape index (κ1) is 21.2. The Hall–Kier alpha value is -1.07. The minimum absolute atomic E-state index is 0.0566. The van der Waals surface area contributed by atoms with Gasteiger partial charge in [-0.1, -0.05) is 88.2 Å². The first-order chi connectivity index (χ1) is 12.8. The predicted molar refractivity (Wildman–Crippen MR) is 117 cm³/mol. The number of hydrogen-bond acceptors (Lipinski definition) is 4. The zero-order valence-electron chi connectivity index (χ0n) is 16.0. The minimum atomic E-state index is 0.0566. The highest BCUT2D eigenvalue weighted by Gasteiger charge is 2.07. The van der Waals surface area contributed by atoms with E-state index >= 15 is 0 Å². The number of carbonyl (C=O) groups excluding carboxylic acids is 1. The largest absolute Gasteiger partial charge is 0.301 e. The molecule has 144 valence electrons. The maximum absolute atomic E-state index is 12.0. The lowest BCUT2D eigenvalue weighted by Crippen LogP contribution is -2.14. The fourth-order valence-electron chi connectivity index (χ4n) is 2.94. The van der Waals surface area contributed by atoms with Crippen LogP contribution in [0.15, 0.2) is 24.3 Å². The molecule has 0 bridgehead atoms. The maximum atomic E-state index is 12.0. The number of anilines is 1. The van der Waals surface area contributed by atoms with Crippen LogP contribution in [0.25, 0.3) is 10.2 Å². The topological polar surface area (TPSA) is 42.0 Å². The van der Waals surface area contributed by atoms with Crippen LogP contribution in [0.5, 0.6) is 0 Å². The third kappa shape index (κ3) is 8.54. The van der Waals surface area contributed by atoms with Crippen LogP contribution in [0.2, 0.25) is 0 Å². The second kappa shape index (κ2) is 13.2. The van der Waals surface area contributed by atoms with Gasteiger partial charge >= 0.3 is 0 Å². The Morgan fingerprint density at radius 2 is 1.65 bits per heavy atom. The van der Waals surface area contributed by atoms with Gasteiger partial charge in [-0.05, 0) is 24.3 Å². The second-order valence-electron chi connectivity index (χ2n) is 6.77. The summed E-state index contributed by atoms with van der Waals surface area (Å²) >= 11 is 3.26. The zero-order valence-corrected chi connectivity index (χ0v) is 17.6. The molecule has 1 aromatic heterocycles. The van der Waals surface area contributed by atoms with Crippen LogP contribution in [0.4, 0.5) is 5.13 Å². The normalized spacial score (nSPS) is 11.1. The van der Waals surface area contributed by atoms with Crippen LogP contribution < -0.4 is 5.32 Å². The number of thiazole rings is 1. The monoisotopic (exact) mass is 392 g/mol. The average Bonchev–Trinajstić information content (AvgIpc) is 3.04. The number of fused-ring (bicyclic) bond motifs is 1. The Kier molecular flexibility index (Phi) is 10.7. The molecule has 0 aliphatic carbocycles. The van der Waals surface area contributed by atoms with Crippen LogP contribution in [-0.4, -0.2) is 22.4 Å². The van der Waals surface area contributed by atoms with Crippen molar-refractivity contribution in [2.75, 3.05) is 16.8 Å². The van der Waals surface area contributed by atoms with Crippen molar-refractivity contribution in [3.8, 4) is 0 Å². The summed E-state index contributed by atoms with van der Waals surface area (Å²) in [6.07, 6.45) is 13.6. The standard InChI is InChI=1S/C21H32N2OS2/c1-2-3-4-5-6-7-8-9-10-13-16-25-17-20(24)23-21-22-18-14-11-12-15-19(18)26-21/h11-12,14-15H,2-10,13,16-17H2,1H3,(H,22,23,24). The molecule has 0 aliphatic heterocycles. The van der Waals surface area contributed by atoms with E-state index in [1.54, 1.807) is 11.8 Å². The Morgan fingerprint density at radius 3 is 2.35 bits per heavy atom. The fourth-order valence-corrected chi connectivity index (χ4v) is 4.63. The molecule has 0 radical (unpaired) electrons. The number of aromatic nitrogens is 1. The molecule has 1 aromatic carbocycles. The Labute approximate surface area is 166 Å². The van der Waals surface area contributed by atoms with Gasteiger partial charge < -0.3 is 5.32 Å². The van der Waals surface area contributed by atoms with Crippen LogP contribution >= 0.6 is 23.1 Å². The summed E-state index contributed by atoms with van der Waals surface area (Å²) in [6.45, 7) is 2.27. The van der Waals surface area contributed by atoms with E-state index in [1.165, 1.54) is 75.5 Å². The molecular weight excluding hydrogens is 360 g/mol. The highest BCUT2D eigenvalue weighted by Crippen LogP contribution is 2.25. The van der Waals surface area contributed by atoms with Gasteiger partial charge in [0, 0.05) is 0 Å². The third-order valence-electron chi connectivity index (χ3n) is 4.42. The molecular formula is C21H32N2OS2. The molecule has 0 saturated carbocycles. The molecule has 0 spiro atoms. The average molecular weight is 393 g/mol. The Balaban J connectivity index is 1.44. The van der Waals surface area contributed by atoms with E-state index in [0.717, 1.165) is 16.0 Å². The van der Waals surface area contributed by atoms with E-state index < -0.39 is 0 Å². The molecule has 0 unspecified atom stereocenters. The quantitative estimate of drug-likeness (QED) is 0.356. The fraction of sp³-hybridized carbons (Fsp3) is 0.619. The van der Waals surface area contributed by atoms with Crippen molar-refractivity contribution >= 4 is 44.4 Å². The minimum Gasteiger partial charge on any atom is -0.301 e. The predicted octanol–water partition coefficient (Wildman–Crippen LogP) is 6.89. The number of amides is 1. The van der Waals surface area contributed by atoms with Gasteiger partial charge in [-0.15, -0.1) is 0 Å². The Morgan fingerprint density at radius 1 is 1.00 bits per heavy atom. The summed E-state index contributed by atoms with van der Waals surface area (Å²) in [7, 11) is 0. The molecule has 1 amide bonds. The number of unbranched alkanes of at least 4 members (excludes halogenated alkanes) is 9. The molecule has 2 rings (SSSR count). The number of benzene rings is 1. The van der Waals surface area contributed by atoms with Crippen molar-refractivity contribution in [2.45, 2.75) is 71.1 Å². The van der Waals surface area contributed by atoms with Crippen molar-refractivity contribution in [3.63, 3.8) is 0 Å². The highest BCUT2D eigenvalue weighted by atomic mass is 32.2. The number of nitrogens with zero attached hydrogens (tertiary/aromatic N) is 1. The van der Waals surface area contributed by atoms with E-state index in [-0.39, 0.29) is 5.91 Å². The Bertz CT molecular complexity index is 609.